The van der Waals surface area contributed by atoms with Gasteiger partial charge in [0.05, 0.1) is 11.8 Å². The largest absolute Gasteiger partial charge is 0.479 e. The second-order valence-electron chi connectivity index (χ2n) is 4.17. The number of carboxylic acid groups (broad SMARTS) is 1. The molecule has 0 saturated carbocycles. The van der Waals surface area contributed by atoms with Gasteiger partial charge >= 0.3 is 12.0 Å². The maximum Gasteiger partial charge on any atom is 0.331 e. The van der Waals surface area contributed by atoms with E-state index in [9.17, 15) is 18.0 Å². The van der Waals surface area contributed by atoms with Crippen LogP contribution in [0.5, 0.6) is 0 Å². The maximum absolute atomic E-state index is 11.7. The Morgan fingerprint density at radius 3 is 2.70 bits per heavy atom. The lowest BCUT2D eigenvalue weighted by molar-refractivity contribution is -0.139. The zero-order valence-electron chi connectivity index (χ0n) is 10.1. The number of hydrogen-bond donors (Lipinski definition) is 3. The molecule has 2 rings (SSSR count). The Kier molecular flexibility index (Phi) is 4.09. The van der Waals surface area contributed by atoms with E-state index >= 15 is 0 Å². The number of carbonyl (C=O) groups excluding carboxylic acids is 1. The lowest BCUT2D eigenvalue weighted by Crippen LogP contribution is -2.45. The monoisotopic (exact) mass is 316 g/mol. The molecule has 0 bridgehead atoms. The van der Waals surface area contributed by atoms with Crippen LogP contribution in [0.2, 0.25) is 0 Å². The summed E-state index contributed by atoms with van der Waals surface area (Å²) in [5.41, 5.74) is 0. The van der Waals surface area contributed by atoms with Gasteiger partial charge in [0.1, 0.15) is 0 Å². The molecule has 108 valence electrons. The summed E-state index contributed by atoms with van der Waals surface area (Å²) in [6.45, 7) is 0. The van der Waals surface area contributed by atoms with Crippen LogP contribution in [0, 0.1) is 0 Å². The molecule has 0 saturated heterocycles. The SMILES string of the molecule is O=C(NC1C=CS(=O)(=O)C1)NC(C(=O)O)c1cccs1. The number of urea groups is 1. The minimum absolute atomic E-state index is 0.211. The van der Waals surface area contributed by atoms with Crippen molar-refractivity contribution in [2.75, 3.05) is 5.75 Å². The fourth-order valence-electron chi connectivity index (χ4n) is 1.72. The van der Waals surface area contributed by atoms with Crippen molar-refractivity contribution in [3.8, 4) is 0 Å². The van der Waals surface area contributed by atoms with Crippen LogP contribution in [0.4, 0.5) is 4.79 Å². The molecule has 1 aliphatic heterocycles. The van der Waals surface area contributed by atoms with Crippen LogP contribution in [0.1, 0.15) is 10.9 Å². The molecule has 0 aliphatic carbocycles. The maximum atomic E-state index is 11.7. The molecule has 9 heteroatoms. The minimum atomic E-state index is -3.27. The van der Waals surface area contributed by atoms with Crippen molar-refractivity contribution < 1.29 is 23.1 Å². The predicted molar refractivity (Wildman–Crippen MR) is 73.1 cm³/mol. The van der Waals surface area contributed by atoms with Crippen LogP contribution in [0.15, 0.2) is 29.0 Å². The summed E-state index contributed by atoms with van der Waals surface area (Å²) in [6.07, 6.45) is 1.36. The highest BCUT2D eigenvalue weighted by Gasteiger charge is 2.26. The van der Waals surface area contributed by atoms with Crippen molar-refractivity contribution in [2.24, 2.45) is 0 Å². The lowest BCUT2D eigenvalue weighted by atomic mass is 10.2. The molecule has 1 aromatic rings. The van der Waals surface area contributed by atoms with Crippen molar-refractivity contribution in [3.05, 3.63) is 33.9 Å². The molecule has 1 aromatic heterocycles. The van der Waals surface area contributed by atoms with E-state index in [0.29, 0.717) is 4.88 Å². The molecule has 1 aliphatic rings. The first-order valence-corrected chi connectivity index (χ1v) is 8.21. The van der Waals surface area contributed by atoms with Crippen molar-refractivity contribution in [1.82, 2.24) is 10.6 Å². The summed E-state index contributed by atoms with van der Waals surface area (Å²) in [6, 6.07) is 0.762. The molecular weight excluding hydrogens is 304 g/mol. The number of carboxylic acids is 1. The molecule has 2 atom stereocenters. The van der Waals surface area contributed by atoms with E-state index in [-0.39, 0.29) is 5.75 Å². The molecule has 0 aromatic carbocycles. The van der Waals surface area contributed by atoms with Gasteiger partial charge in [-0.05, 0) is 17.5 Å². The minimum Gasteiger partial charge on any atom is -0.479 e. The number of aliphatic carboxylic acids is 1. The van der Waals surface area contributed by atoms with E-state index in [1.807, 2.05) is 0 Å². The van der Waals surface area contributed by atoms with E-state index in [0.717, 1.165) is 5.41 Å². The molecule has 20 heavy (non-hydrogen) atoms. The van der Waals surface area contributed by atoms with Crippen molar-refractivity contribution in [1.29, 1.82) is 0 Å². The molecule has 0 radical (unpaired) electrons. The molecule has 2 heterocycles. The highest BCUT2D eigenvalue weighted by Crippen LogP contribution is 2.19. The van der Waals surface area contributed by atoms with E-state index < -0.39 is 33.9 Å². The number of thiophene rings is 1. The van der Waals surface area contributed by atoms with Crippen LogP contribution in [0.25, 0.3) is 0 Å². The van der Waals surface area contributed by atoms with Crippen molar-refractivity contribution >= 4 is 33.2 Å². The van der Waals surface area contributed by atoms with Crippen LogP contribution in [0.3, 0.4) is 0 Å². The fraction of sp³-hybridized carbons (Fsp3) is 0.273. The van der Waals surface area contributed by atoms with Gasteiger partial charge in [-0.3, -0.25) is 0 Å². The van der Waals surface area contributed by atoms with Crippen LogP contribution >= 0.6 is 11.3 Å². The number of sulfone groups is 1. The highest BCUT2D eigenvalue weighted by molar-refractivity contribution is 7.94. The number of rotatable bonds is 4. The third kappa shape index (κ3) is 3.58. The van der Waals surface area contributed by atoms with Gasteiger partial charge in [-0.25, -0.2) is 18.0 Å². The molecule has 3 N–H and O–H groups in total. The summed E-state index contributed by atoms with van der Waals surface area (Å²) in [5, 5.41) is 16.5. The predicted octanol–water partition coefficient (Wildman–Crippen LogP) is 0.484. The van der Waals surface area contributed by atoms with Crippen molar-refractivity contribution in [3.63, 3.8) is 0 Å². The zero-order valence-corrected chi connectivity index (χ0v) is 11.8. The van der Waals surface area contributed by atoms with Gasteiger partial charge in [0, 0.05) is 10.3 Å². The Morgan fingerprint density at radius 1 is 1.45 bits per heavy atom. The standard InChI is InChI=1S/C11H12N2O5S2/c14-10(15)9(8-2-1-4-19-8)13-11(16)12-7-3-5-20(17,18)6-7/h1-5,7,9H,6H2,(H,14,15)(H2,12,13,16). The first-order valence-electron chi connectivity index (χ1n) is 5.61. The van der Waals surface area contributed by atoms with Gasteiger partial charge in [-0.15, -0.1) is 11.3 Å². The second kappa shape index (κ2) is 5.63. The van der Waals surface area contributed by atoms with E-state index in [2.05, 4.69) is 10.6 Å². The van der Waals surface area contributed by atoms with Gasteiger partial charge in [-0.1, -0.05) is 6.07 Å². The quantitative estimate of drug-likeness (QED) is 0.748. The Morgan fingerprint density at radius 2 is 2.20 bits per heavy atom. The number of hydrogen-bond acceptors (Lipinski definition) is 5. The Bertz CT molecular complexity index is 636. The third-order valence-corrected chi connectivity index (χ3v) is 4.93. The summed E-state index contributed by atoms with van der Waals surface area (Å²) in [5.74, 6) is -1.39. The van der Waals surface area contributed by atoms with Crippen molar-refractivity contribution in [2.45, 2.75) is 12.1 Å². The normalized spacial score (nSPS) is 21.3. The number of carbonyl (C=O) groups is 2. The summed E-state index contributed by atoms with van der Waals surface area (Å²) >= 11 is 1.21. The molecule has 2 unspecified atom stereocenters. The average molecular weight is 316 g/mol. The smallest absolute Gasteiger partial charge is 0.331 e. The number of amides is 2. The van der Waals surface area contributed by atoms with E-state index in [1.54, 1.807) is 17.5 Å². The van der Waals surface area contributed by atoms with Gasteiger partial charge in [0.2, 0.25) is 0 Å². The van der Waals surface area contributed by atoms with E-state index in [1.165, 1.54) is 17.4 Å². The molecule has 0 fully saturated rings. The lowest BCUT2D eigenvalue weighted by Gasteiger charge is -2.15. The molecule has 7 nitrogen and oxygen atoms in total. The van der Waals surface area contributed by atoms with Gasteiger partial charge in [-0.2, -0.15) is 0 Å². The first kappa shape index (κ1) is 14.5. The molecular formula is C11H12N2O5S2. The van der Waals surface area contributed by atoms with Gasteiger partial charge in [0.25, 0.3) is 0 Å². The molecule has 2 amide bonds. The summed E-state index contributed by atoms with van der Waals surface area (Å²) in [4.78, 5) is 23.3. The number of nitrogens with one attached hydrogen (secondary N) is 2. The topological polar surface area (TPSA) is 113 Å². The van der Waals surface area contributed by atoms with Crippen LogP contribution < -0.4 is 10.6 Å². The Labute approximate surface area is 119 Å². The van der Waals surface area contributed by atoms with Crippen LogP contribution in [-0.4, -0.2) is 37.3 Å². The summed E-state index contributed by atoms with van der Waals surface area (Å²) < 4.78 is 22.4. The highest BCUT2D eigenvalue weighted by atomic mass is 32.2. The zero-order chi connectivity index (χ0) is 14.8. The Balaban J connectivity index is 1.97. The van der Waals surface area contributed by atoms with Gasteiger partial charge in [0.15, 0.2) is 15.9 Å². The Hall–Kier alpha value is -1.87. The fourth-order valence-corrected chi connectivity index (χ4v) is 3.72. The van der Waals surface area contributed by atoms with E-state index in [4.69, 9.17) is 5.11 Å². The first-order chi connectivity index (χ1) is 9.37. The second-order valence-corrected chi connectivity index (χ2v) is 7.08. The third-order valence-electron chi connectivity index (χ3n) is 2.60. The average Bonchev–Trinajstić information content (AvgIpc) is 2.95. The van der Waals surface area contributed by atoms with Crippen LogP contribution in [-0.2, 0) is 14.6 Å². The molecule has 0 spiro atoms. The van der Waals surface area contributed by atoms with Gasteiger partial charge < -0.3 is 15.7 Å². The summed E-state index contributed by atoms with van der Waals surface area (Å²) in [7, 11) is -3.27.